The summed E-state index contributed by atoms with van der Waals surface area (Å²) in [6.07, 6.45) is 3.91. The number of nitrogens with zero attached hydrogens (tertiary/aromatic N) is 1. The predicted molar refractivity (Wildman–Crippen MR) is 96.1 cm³/mol. The van der Waals surface area contributed by atoms with E-state index in [4.69, 9.17) is 0 Å². The van der Waals surface area contributed by atoms with Crippen molar-refractivity contribution in [2.24, 2.45) is 11.7 Å². The van der Waals surface area contributed by atoms with Gasteiger partial charge in [-0.1, -0.05) is 24.3 Å². The number of hydrogen-bond acceptors (Lipinski definition) is 4. The van der Waals surface area contributed by atoms with E-state index in [1.165, 1.54) is 57.1 Å². The van der Waals surface area contributed by atoms with Gasteiger partial charge >= 0.3 is 0 Å². The Morgan fingerprint density at radius 1 is 1.00 bits per heavy atom. The third-order valence-electron chi connectivity index (χ3n) is 4.09. The largest absolute Gasteiger partial charge is 0.333 e. The molecular weight excluding hydrogens is 272 g/mol. The summed E-state index contributed by atoms with van der Waals surface area (Å²) in [6.45, 7) is 5.89. The first-order valence-electron chi connectivity index (χ1n) is 8.46. The Bertz CT molecular complexity index is 361. The van der Waals surface area contributed by atoms with Gasteiger partial charge in [0, 0.05) is 13.1 Å². The summed E-state index contributed by atoms with van der Waals surface area (Å²) in [5, 5.41) is 6.71. The SMILES string of the molecule is CN.CN(C)CC1CCNCC1.c1ccc2c(c1)CCNC2. The predicted octanol–water partition coefficient (Wildman–Crippen LogP) is 1.45. The van der Waals surface area contributed by atoms with Gasteiger partial charge in [-0.25, -0.2) is 0 Å². The van der Waals surface area contributed by atoms with Crippen LogP contribution in [-0.2, 0) is 13.0 Å². The van der Waals surface area contributed by atoms with Gasteiger partial charge in [0.15, 0.2) is 0 Å². The summed E-state index contributed by atoms with van der Waals surface area (Å²) >= 11 is 0. The number of hydrogen-bond donors (Lipinski definition) is 3. The maximum absolute atomic E-state index is 4.50. The van der Waals surface area contributed by atoms with Crippen molar-refractivity contribution < 1.29 is 0 Å². The van der Waals surface area contributed by atoms with E-state index in [-0.39, 0.29) is 0 Å². The average Bonchev–Trinajstić information content (AvgIpc) is 2.58. The third kappa shape index (κ3) is 7.36. The third-order valence-corrected chi connectivity index (χ3v) is 4.09. The average molecular weight is 306 g/mol. The zero-order chi connectivity index (χ0) is 16.2. The van der Waals surface area contributed by atoms with Gasteiger partial charge in [-0.3, -0.25) is 0 Å². The molecule has 2 aliphatic rings. The van der Waals surface area contributed by atoms with Crippen LogP contribution in [0.3, 0.4) is 0 Å². The second-order valence-corrected chi connectivity index (χ2v) is 6.15. The summed E-state index contributed by atoms with van der Waals surface area (Å²) in [6, 6.07) is 8.63. The highest BCUT2D eigenvalue weighted by molar-refractivity contribution is 5.28. The summed E-state index contributed by atoms with van der Waals surface area (Å²) in [4.78, 5) is 2.29. The fourth-order valence-electron chi connectivity index (χ4n) is 3.00. The molecule has 126 valence electrons. The molecule has 4 nitrogen and oxygen atoms in total. The van der Waals surface area contributed by atoms with Gasteiger partial charge in [0.2, 0.25) is 0 Å². The van der Waals surface area contributed by atoms with E-state index < -0.39 is 0 Å². The molecule has 0 atom stereocenters. The lowest BCUT2D eigenvalue weighted by Gasteiger charge is -2.25. The molecule has 22 heavy (non-hydrogen) atoms. The molecule has 1 fully saturated rings. The number of nitrogens with two attached hydrogens (primary N) is 1. The van der Waals surface area contributed by atoms with Gasteiger partial charge < -0.3 is 21.3 Å². The highest BCUT2D eigenvalue weighted by Crippen LogP contribution is 2.12. The first kappa shape index (κ1) is 19.1. The first-order valence-corrected chi connectivity index (χ1v) is 8.46. The summed E-state index contributed by atoms with van der Waals surface area (Å²) in [5.41, 5.74) is 7.48. The van der Waals surface area contributed by atoms with Crippen LogP contribution < -0.4 is 16.4 Å². The zero-order valence-corrected chi connectivity index (χ0v) is 14.6. The molecule has 0 radical (unpaired) electrons. The van der Waals surface area contributed by atoms with Crippen LogP contribution in [0, 0.1) is 5.92 Å². The van der Waals surface area contributed by atoms with Gasteiger partial charge in [-0.05, 0) is 77.1 Å². The Hall–Kier alpha value is -0.940. The summed E-state index contributed by atoms with van der Waals surface area (Å²) in [7, 11) is 5.81. The van der Waals surface area contributed by atoms with Crippen molar-refractivity contribution in [3.63, 3.8) is 0 Å². The highest BCUT2D eigenvalue weighted by atomic mass is 15.1. The normalized spacial score (nSPS) is 17.7. The molecule has 1 aromatic rings. The second-order valence-electron chi connectivity index (χ2n) is 6.15. The van der Waals surface area contributed by atoms with Gasteiger partial charge in [0.1, 0.15) is 0 Å². The van der Waals surface area contributed by atoms with E-state index in [2.05, 4.69) is 59.6 Å². The van der Waals surface area contributed by atoms with E-state index >= 15 is 0 Å². The Labute approximate surface area is 136 Å². The van der Waals surface area contributed by atoms with Crippen molar-refractivity contribution in [1.29, 1.82) is 0 Å². The van der Waals surface area contributed by atoms with Gasteiger partial charge in [0.25, 0.3) is 0 Å². The Balaban J connectivity index is 0.000000198. The maximum atomic E-state index is 4.50. The Morgan fingerprint density at radius 3 is 2.23 bits per heavy atom. The fourth-order valence-corrected chi connectivity index (χ4v) is 3.00. The first-order chi connectivity index (χ1) is 10.8. The topological polar surface area (TPSA) is 53.3 Å². The number of rotatable bonds is 2. The molecule has 1 saturated heterocycles. The minimum Gasteiger partial charge on any atom is -0.333 e. The Morgan fingerprint density at radius 2 is 1.64 bits per heavy atom. The minimum atomic E-state index is 0.941. The van der Waals surface area contributed by atoms with Crippen molar-refractivity contribution in [1.82, 2.24) is 15.5 Å². The fraction of sp³-hybridized carbons (Fsp3) is 0.667. The molecule has 0 amide bonds. The molecule has 0 spiro atoms. The monoisotopic (exact) mass is 306 g/mol. The number of fused-ring (bicyclic) bond motifs is 1. The van der Waals surface area contributed by atoms with Crippen molar-refractivity contribution in [3.05, 3.63) is 35.4 Å². The van der Waals surface area contributed by atoms with Gasteiger partial charge in [-0.15, -0.1) is 0 Å². The quantitative estimate of drug-likeness (QED) is 0.774. The number of benzene rings is 1. The van der Waals surface area contributed by atoms with Crippen LogP contribution in [0.15, 0.2) is 24.3 Å². The van der Waals surface area contributed by atoms with Crippen molar-refractivity contribution in [2.75, 3.05) is 47.3 Å². The van der Waals surface area contributed by atoms with E-state index in [9.17, 15) is 0 Å². The van der Waals surface area contributed by atoms with Crippen LogP contribution in [0.2, 0.25) is 0 Å². The molecule has 2 heterocycles. The van der Waals surface area contributed by atoms with E-state index in [0.29, 0.717) is 0 Å². The molecule has 3 rings (SSSR count). The number of piperidine rings is 1. The Kier molecular flexibility index (Phi) is 10.1. The minimum absolute atomic E-state index is 0.941. The maximum Gasteiger partial charge on any atom is 0.0208 e. The van der Waals surface area contributed by atoms with Crippen LogP contribution in [0.25, 0.3) is 0 Å². The molecule has 4 N–H and O–H groups in total. The zero-order valence-electron chi connectivity index (χ0n) is 14.6. The molecule has 0 saturated carbocycles. The molecule has 1 aromatic carbocycles. The summed E-state index contributed by atoms with van der Waals surface area (Å²) in [5.74, 6) is 0.941. The van der Waals surface area contributed by atoms with Crippen LogP contribution in [-0.4, -0.2) is 52.2 Å². The smallest absolute Gasteiger partial charge is 0.0208 e. The second kappa shape index (κ2) is 11.6. The summed E-state index contributed by atoms with van der Waals surface area (Å²) < 4.78 is 0. The highest BCUT2D eigenvalue weighted by Gasteiger charge is 2.12. The van der Waals surface area contributed by atoms with Crippen molar-refractivity contribution in [2.45, 2.75) is 25.8 Å². The van der Waals surface area contributed by atoms with Gasteiger partial charge in [-0.2, -0.15) is 0 Å². The lowest BCUT2D eigenvalue weighted by Crippen LogP contribution is -2.33. The van der Waals surface area contributed by atoms with Crippen LogP contribution in [0.1, 0.15) is 24.0 Å². The van der Waals surface area contributed by atoms with Crippen molar-refractivity contribution >= 4 is 0 Å². The van der Waals surface area contributed by atoms with Gasteiger partial charge in [0.05, 0.1) is 0 Å². The van der Waals surface area contributed by atoms with E-state index in [1.54, 1.807) is 0 Å². The molecule has 0 unspecified atom stereocenters. The molecule has 2 aliphatic heterocycles. The molecule has 4 heteroatoms. The number of nitrogens with one attached hydrogen (secondary N) is 2. The lowest BCUT2D eigenvalue weighted by molar-refractivity contribution is 0.273. The molecule has 0 aliphatic carbocycles. The van der Waals surface area contributed by atoms with Crippen molar-refractivity contribution in [3.8, 4) is 0 Å². The van der Waals surface area contributed by atoms with Crippen LogP contribution in [0.5, 0.6) is 0 Å². The molecule has 0 aromatic heterocycles. The molecular formula is C18H34N4. The lowest BCUT2D eigenvalue weighted by atomic mass is 9.98. The molecule has 0 bridgehead atoms. The van der Waals surface area contributed by atoms with E-state index in [1.807, 2.05) is 0 Å². The van der Waals surface area contributed by atoms with Crippen LogP contribution >= 0.6 is 0 Å². The van der Waals surface area contributed by atoms with Crippen LogP contribution in [0.4, 0.5) is 0 Å². The standard InChI is InChI=1S/C9H11N.C8H18N2.CH5N/c1-2-4-9-7-10-6-5-8(9)3-1;1-10(2)7-8-3-5-9-6-4-8;1-2/h1-4,10H,5-7H2;8-9H,3-7H2,1-2H3;2H2,1H3. The van der Waals surface area contributed by atoms with E-state index in [0.717, 1.165) is 19.0 Å².